The van der Waals surface area contributed by atoms with E-state index in [0.29, 0.717) is 36.1 Å². The van der Waals surface area contributed by atoms with Crippen LogP contribution in [0.5, 0.6) is 11.5 Å². The van der Waals surface area contributed by atoms with Crippen LogP contribution in [0.15, 0.2) is 24.3 Å². The van der Waals surface area contributed by atoms with Gasteiger partial charge in [-0.25, -0.2) is 0 Å². The van der Waals surface area contributed by atoms with E-state index in [9.17, 15) is 9.59 Å². The quantitative estimate of drug-likeness (QED) is 0.476. The first-order valence-corrected chi connectivity index (χ1v) is 12.0. The average molecular weight is 473 g/mol. The van der Waals surface area contributed by atoms with Crippen LogP contribution in [-0.4, -0.2) is 48.4 Å². The van der Waals surface area contributed by atoms with E-state index in [1.807, 2.05) is 29.8 Å². The van der Waals surface area contributed by atoms with E-state index in [4.69, 9.17) is 14.6 Å². The van der Waals surface area contributed by atoms with Crippen molar-refractivity contribution in [1.82, 2.24) is 20.4 Å². The topological polar surface area (TPSA) is 94.5 Å². The van der Waals surface area contributed by atoms with Crippen molar-refractivity contribution in [2.75, 3.05) is 20.8 Å². The first kappa shape index (κ1) is 27.2. The fourth-order valence-electron chi connectivity index (χ4n) is 3.90. The number of carbonyl (C=O) groups is 2. The molecule has 2 rings (SSSR count). The van der Waals surface area contributed by atoms with E-state index >= 15 is 0 Å². The zero-order valence-electron chi connectivity index (χ0n) is 21.8. The van der Waals surface area contributed by atoms with Crippen LogP contribution in [0.25, 0.3) is 11.3 Å². The summed E-state index contributed by atoms with van der Waals surface area (Å²) < 4.78 is 13.1. The first-order valence-electron chi connectivity index (χ1n) is 12.0. The summed E-state index contributed by atoms with van der Waals surface area (Å²) >= 11 is 0. The maximum absolute atomic E-state index is 13.3. The van der Waals surface area contributed by atoms with Gasteiger partial charge >= 0.3 is 0 Å². The summed E-state index contributed by atoms with van der Waals surface area (Å²) in [6.07, 6.45) is 0.924. The molecule has 1 aromatic carbocycles. The van der Waals surface area contributed by atoms with Crippen LogP contribution >= 0.6 is 0 Å². The Morgan fingerprint density at radius 2 is 1.68 bits per heavy atom. The number of nitrogens with zero attached hydrogens (tertiary/aromatic N) is 2. The lowest BCUT2D eigenvalue weighted by Crippen LogP contribution is -2.40. The standard InChI is InChI=1S/C26H40N4O4/c1-9-27-24(31)14-19(13-16(2)3)28-26(32)20-15-21(30(29-20)18(6)17(4)5)25-22(33-7)11-10-12-23(25)34-8/h10-12,15-19H,9,13-14H2,1-8H3,(H,27,31)(H,28,32)/t18?,19-/m0/s1. The Bertz CT molecular complexity index is 945. The summed E-state index contributed by atoms with van der Waals surface area (Å²) in [4.78, 5) is 25.5. The smallest absolute Gasteiger partial charge is 0.272 e. The van der Waals surface area contributed by atoms with Gasteiger partial charge in [-0.2, -0.15) is 5.10 Å². The number of nitrogens with one attached hydrogen (secondary N) is 2. The number of benzene rings is 1. The van der Waals surface area contributed by atoms with Crippen molar-refractivity contribution < 1.29 is 19.1 Å². The Kier molecular flexibility index (Phi) is 9.96. The molecule has 0 spiro atoms. The molecule has 0 aliphatic heterocycles. The molecule has 0 radical (unpaired) electrons. The number of ether oxygens (including phenoxy) is 2. The van der Waals surface area contributed by atoms with Crippen LogP contribution in [0.2, 0.25) is 0 Å². The zero-order valence-corrected chi connectivity index (χ0v) is 21.8. The molecule has 1 aromatic heterocycles. The van der Waals surface area contributed by atoms with Gasteiger partial charge in [0.25, 0.3) is 5.91 Å². The van der Waals surface area contributed by atoms with Crippen molar-refractivity contribution >= 4 is 11.8 Å². The van der Waals surface area contributed by atoms with Crippen LogP contribution in [0.3, 0.4) is 0 Å². The molecule has 2 amide bonds. The Morgan fingerprint density at radius 3 is 2.18 bits per heavy atom. The van der Waals surface area contributed by atoms with Gasteiger partial charge in [0.05, 0.1) is 31.5 Å². The molecule has 8 heteroatoms. The fourth-order valence-corrected chi connectivity index (χ4v) is 3.90. The molecule has 8 nitrogen and oxygen atoms in total. The number of rotatable bonds is 12. The molecular formula is C26H40N4O4. The Labute approximate surface area is 203 Å². The highest BCUT2D eigenvalue weighted by Gasteiger charge is 2.26. The molecule has 34 heavy (non-hydrogen) atoms. The molecule has 1 heterocycles. The molecular weight excluding hydrogens is 432 g/mol. The maximum atomic E-state index is 13.3. The van der Waals surface area contributed by atoms with Crippen molar-refractivity contribution in [1.29, 1.82) is 0 Å². The van der Waals surface area contributed by atoms with E-state index in [-0.39, 0.29) is 36.2 Å². The molecule has 0 saturated carbocycles. The van der Waals surface area contributed by atoms with Gasteiger partial charge in [0.1, 0.15) is 11.5 Å². The summed E-state index contributed by atoms with van der Waals surface area (Å²) in [5, 5.41) is 10.5. The fraction of sp³-hybridized carbons (Fsp3) is 0.577. The van der Waals surface area contributed by atoms with Gasteiger partial charge in [0.2, 0.25) is 5.91 Å². The number of carbonyl (C=O) groups excluding carboxylic acids is 2. The van der Waals surface area contributed by atoms with Crippen LogP contribution in [-0.2, 0) is 4.79 Å². The number of methoxy groups -OCH3 is 2. The van der Waals surface area contributed by atoms with Gasteiger partial charge in [-0.05, 0) is 50.3 Å². The van der Waals surface area contributed by atoms with Crippen molar-refractivity contribution in [3.8, 4) is 22.8 Å². The number of hydrogen-bond donors (Lipinski definition) is 2. The van der Waals surface area contributed by atoms with Gasteiger partial charge < -0.3 is 20.1 Å². The Hall–Kier alpha value is -3.03. The highest BCUT2D eigenvalue weighted by molar-refractivity contribution is 5.94. The SMILES string of the molecule is CCNC(=O)C[C@H](CC(C)C)NC(=O)c1cc(-c2c(OC)cccc2OC)n(C(C)C(C)C)n1. The predicted molar refractivity (Wildman–Crippen MR) is 134 cm³/mol. The second kappa shape index (κ2) is 12.4. The van der Waals surface area contributed by atoms with Crippen LogP contribution in [0.4, 0.5) is 0 Å². The number of hydrogen-bond acceptors (Lipinski definition) is 5. The lowest BCUT2D eigenvalue weighted by molar-refractivity contribution is -0.121. The van der Waals surface area contributed by atoms with Gasteiger partial charge in [-0.1, -0.05) is 33.8 Å². The summed E-state index contributed by atoms with van der Waals surface area (Å²) in [7, 11) is 3.21. The summed E-state index contributed by atoms with van der Waals surface area (Å²) in [6.45, 7) is 12.9. The summed E-state index contributed by atoms with van der Waals surface area (Å²) in [5.41, 5.74) is 1.78. The van der Waals surface area contributed by atoms with Gasteiger partial charge in [-0.3, -0.25) is 14.3 Å². The molecule has 0 aliphatic rings. The third-order valence-electron chi connectivity index (χ3n) is 5.90. The Balaban J connectivity index is 2.49. The van der Waals surface area contributed by atoms with Crippen LogP contribution in [0.1, 0.15) is 70.9 Å². The molecule has 0 bridgehead atoms. The third kappa shape index (κ3) is 6.74. The second-order valence-corrected chi connectivity index (χ2v) is 9.34. The van der Waals surface area contributed by atoms with E-state index in [1.165, 1.54) is 0 Å². The monoisotopic (exact) mass is 472 g/mol. The number of aromatic nitrogens is 2. The highest BCUT2D eigenvalue weighted by Crippen LogP contribution is 2.40. The summed E-state index contributed by atoms with van der Waals surface area (Å²) in [5.74, 6) is 1.50. The Morgan fingerprint density at radius 1 is 1.06 bits per heavy atom. The minimum absolute atomic E-state index is 0.0213. The average Bonchev–Trinajstić information content (AvgIpc) is 3.22. The van der Waals surface area contributed by atoms with Gasteiger partial charge in [-0.15, -0.1) is 0 Å². The lowest BCUT2D eigenvalue weighted by atomic mass is 10.0. The predicted octanol–water partition coefficient (Wildman–Crippen LogP) is 4.46. The van der Waals surface area contributed by atoms with E-state index in [1.54, 1.807) is 20.3 Å². The van der Waals surface area contributed by atoms with Crippen LogP contribution in [0, 0.1) is 11.8 Å². The second-order valence-electron chi connectivity index (χ2n) is 9.34. The molecule has 1 unspecified atom stereocenters. The van der Waals surface area contributed by atoms with Crippen molar-refractivity contribution in [2.24, 2.45) is 11.8 Å². The lowest BCUT2D eigenvalue weighted by Gasteiger charge is -2.21. The minimum Gasteiger partial charge on any atom is -0.496 e. The minimum atomic E-state index is -0.306. The number of amides is 2. The van der Waals surface area contributed by atoms with E-state index in [2.05, 4.69) is 45.3 Å². The molecule has 0 saturated heterocycles. The van der Waals surface area contributed by atoms with Gasteiger partial charge in [0.15, 0.2) is 5.69 Å². The van der Waals surface area contributed by atoms with E-state index < -0.39 is 0 Å². The molecule has 0 aliphatic carbocycles. The molecule has 2 aromatic rings. The maximum Gasteiger partial charge on any atom is 0.272 e. The van der Waals surface area contributed by atoms with Crippen molar-refractivity contribution in [3.63, 3.8) is 0 Å². The van der Waals surface area contributed by atoms with Gasteiger partial charge in [0, 0.05) is 19.0 Å². The van der Waals surface area contributed by atoms with Crippen molar-refractivity contribution in [2.45, 2.75) is 66.5 Å². The largest absolute Gasteiger partial charge is 0.496 e. The van der Waals surface area contributed by atoms with Crippen molar-refractivity contribution in [3.05, 3.63) is 30.0 Å². The summed E-state index contributed by atoms with van der Waals surface area (Å²) in [6, 6.07) is 7.09. The van der Waals surface area contributed by atoms with E-state index in [0.717, 1.165) is 11.3 Å². The molecule has 2 N–H and O–H groups in total. The molecule has 188 valence electrons. The normalized spacial score (nSPS) is 13.0. The first-order chi connectivity index (χ1) is 16.1. The highest BCUT2D eigenvalue weighted by atomic mass is 16.5. The zero-order chi connectivity index (χ0) is 25.4. The third-order valence-corrected chi connectivity index (χ3v) is 5.90. The van der Waals surface area contributed by atoms with Crippen LogP contribution < -0.4 is 20.1 Å². The molecule has 0 fully saturated rings. The molecule has 2 atom stereocenters.